The van der Waals surface area contributed by atoms with E-state index in [0.29, 0.717) is 0 Å². The molecule has 2 aromatic rings. The first-order chi connectivity index (χ1) is 13.1. The van der Waals surface area contributed by atoms with Crippen LogP contribution in [0.4, 0.5) is 4.79 Å². The zero-order valence-corrected chi connectivity index (χ0v) is 15.9. The smallest absolute Gasteiger partial charge is 0.278 e. The molecule has 4 amide bonds. The van der Waals surface area contributed by atoms with Gasteiger partial charge in [0.2, 0.25) is 0 Å². The topological polar surface area (TPSA) is 60.9 Å². The average Bonchev–Trinajstić information content (AvgIpc) is 3.24. The second-order valence-corrected chi connectivity index (χ2v) is 7.82. The molecule has 1 aromatic heterocycles. The maximum Gasteiger partial charge on any atom is 0.335 e. The van der Waals surface area contributed by atoms with Crippen LogP contribution in [0.1, 0.15) is 35.4 Å². The Bertz CT molecular complexity index is 880. The molecule has 0 N–H and O–H groups in total. The lowest BCUT2D eigenvalue weighted by Crippen LogP contribution is -2.45. The average molecular weight is 383 g/mol. The summed E-state index contributed by atoms with van der Waals surface area (Å²) in [6, 6.07) is 11.0. The summed E-state index contributed by atoms with van der Waals surface area (Å²) < 4.78 is 0. The quantitative estimate of drug-likeness (QED) is 0.588. The molecule has 6 nitrogen and oxygen atoms in total. The number of carbonyl (C=O) groups is 3. The molecule has 1 saturated heterocycles. The Morgan fingerprint density at radius 1 is 1.04 bits per heavy atom. The number of imide groups is 2. The number of nitrogens with zero attached hydrogens (tertiary/aromatic N) is 3. The van der Waals surface area contributed by atoms with E-state index in [-0.39, 0.29) is 19.3 Å². The van der Waals surface area contributed by atoms with Crippen LogP contribution >= 0.6 is 11.3 Å². The zero-order chi connectivity index (χ0) is 19.0. The first-order valence-electron chi connectivity index (χ1n) is 9.11. The van der Waals surface area contributed by atoms with Crippen molar-refractivity contribution >= 4 is 29.2 Å². The molecule has 7 heteroatoms. The Labute approximate surface area is 162 Å². The van der Waals surface area contributed by atoms with E-state index in [9.17, 15) is 14.4 Å². The standard InChI is InChI=1S/C20H21N3O3S/c1-2-16-15-9-11-27-17(15)8-10-21(16)13-23-19(25)18(24)22(20(23)26)12-14-6-4-3-5-7-14/h3-7,9,11,16H,2,8,10,12-13H2,1H3/t16-/m0/s1. The van der Waals surface area contributed by atoms with Crippen molar-refractivity contribution in [1.82, 2.24) is 14.7 Å². The number of hydrogen-bond acceptors (Lipinski definition) is 5. The fraction of sp³-hybridized carbons (Fsp3) is 0.350. The van der Waals surface area contributed by atoms with Gasteiger partial charge in [-0.2, -0.15) is 0 Å². The van der Waals surface area contributed by atoms with Gasteiger partial charge in [0, 0.05) is 17.5 Å². The van der Waals surface area contributed by atoms with Crippen LogP contribution in [-0.4, -0.2) is 45.8 Å². The molecule has 0 saturated carbocycles. The maximum absolute atomic E-state index is 12.8. The summed E-state index contributed by atoms with van der Waals surface area (Å²) in [7, 11) is 0. The van der Waals surface area contributed by atoms with Gasteiger partial charge in [-0.1, -0.05) is 37.3 Å². The van der Waals surface area contributed by atoms with Crippen molar-refractivity contribution in [3.63, 3.8) is 0 Å². The fourth-order valence-electron chi connectivity index (χ4n) is 3.86. The van der Waals surface area contributed by atoms with Crippen LogP contribution in [0.5, 0.6) is 0 Å². The molecule has 2 aliphatic heterocycles. The summed E-state index contributed by atoms with van der Waals surface area (Å²) in [5.41, 5.74) is 2.10. The molecule has 1 atom stereocenters. The van der Waals surface area contributed by atoms with Gasteiger partial charge in [0.15, 0.2) is 0 Å². The molecule has 0 radical (unpaired) electrons. The van der Waals surface area contributed by atoms with Gasteiger partial charge >= 0.3 is 17.8 Å². The fourth-order valence-corrected chi connectivity index (χ4v) is 4.79. The lowest BCUT2D eigenvalue weighted by molar-refractivity contribution is -0.144. The van der Waals surface area contributed by atoms with Crippen LogP contribution < -0.4 is 0 Å². The number of hydrogen-bond donors (Lipinski definition) is 0. The highest BCUT2D eigenvalue weighted by atomic mass is 32.1. The van der Waals surface area contributed by atoms with E-state index in [1.165, 1.54) is 10.4 Å². The lowest BCUT2D eigenvalue weighted by atomic mass is 9.98. The minimum Gasteiger partial charge on any atom is -0.278 e. The molecule has 0 unspecified atom stereocenters. The second-order valence-electron chi connectivity index (χ2n) is 6.82. The predicted octanol–water partition coefficient (Wildman–Crippen LogP) is 3.01. The lowest BCUT2D eigenvalue weighted by Gasteiger charge is -2.36. The first kappa shape index (κ1) is 17.9. The van der Waals surface area contributed by atoms with E-state index in [1.807, 2.05) is 30.3 Å². The largest absolute Gasteiger partial charge is 0.335 e. The van der Waals surface area contributed by atoms with Gasteiger partial charge in [0.1, 0.15) is 0 Å². The molecule has 27 heavy (non-hydrogen) atoms. The van der Waals surface area contributed by atoms with E-state index in [2.05, 4.69) is 23.3 Å². The minimum absolute atomic E-state index is 0.118. The molecule has 3 heterocycles. The maximum atomic E-state index is 12.8. The summed E-state index contributed by atoms with van der Waals surface area (Å²) in [5.74, 6) is -1.48. The van der Waals surface area contributed by atoms with E-state index in [4.69, 9.17) is 0 Å². The van der Waals surface area contributed by atoms with Crippen LogP contribution in [0.2, 0.25) is 0 Å². The Morgan fingerprint density at radius 2 is 1.78 bits per heavy atom. The van der Waals surface area contributed by atoms with Crippen molar-refractivity contribution in [2.45, 2.75) is 32.4 Å². The highest BCUT2D eigenvalue weighted by Gasteiger charge is 2.45. The van der Waals surface area contributed by atoms with Gasteiger partial charge in [-0.05, 0) is 35.4 Å². The van der Waals surface area contributed by atoms with Crippen molar-refractivity contribution in [3.8, 4) is 0 Å². The van der Waals surface area contributed by atoms with Gasteiger partial charge in [-0.15, -0.1) is 11.3 Å². The molecule has 4 rings (SSSR count). The van der Waals surface area contributed by atoms with E-state index in [0.717, 1.165) is 34.7 Å². The van der Waals surface area contributed by atoms with Crippen LogP contribution in [-0.2, 0) is 22.6 Å². The molecule has 1 fully saturated rings. The van der Waals surface area contributed by atoms with Crippen LogP contribution in [0.3, 0.4) is 0 Å². The second kappa shape index (κ2) is 7.25. The third kappa shape index (κ3) is 3.17. The SMILES string of the molecule is CC[C@H]1c2ccsc2CCN1CN1C(=O)C(=O)N(Cc2ccccc2)C1=O. The molecule has 0 spiro atoms. The highest BCUT2D eigenvalue weighted by Crippen LogP contribution is 2.35. The molecule has 1 aromatic carbocycles. The molecular formula is C20H21N3O3S. The minimum atomic E-state index is -0.745. The summed E-state index contributed by atoms with van der Waals surface area (Å²) in [5, 5.41) is 2.09. The predicted molar refractivity (Wildman–Crippen MR) is 102 cm³/mol. The summed E-state index contributed by atoms with van der Waals surface area (Å²) >= 11 is 1.76. The van der Waals surface area contributed by atoms with Crippen LogP contribution in [0.15, 0.2) is 41.8 Å². The van der Waals surface area contributed by atoms with Gasteiger partial charge in [0.05, 0.1) is 13.2 Å². The van der Waals surface area contributed by atoms with Crippen molar-refractivity contribution < 1.29 is 14.4 Å². The summed E-state index contributed by atoms with van der Waals surface area (Å²) in [6.07, 6.45) is 1.79. The normalized spacial score (nSPS) is 20.5. The number of thiophene rings is 1. The number of carbonyl (C=O) groups excluding carboxylic acids is 3. The zero-order valence-electron chi connectivity index (χ0n) is 15.1. The Hall–Kier alpha value is -2.51. The van der Waals surface area contributed by atoms with Crippen molar-refractivity contribution in [3.05, 3.63) is 57.8 Å². The molecular weight excluding hydrogens is 362 g/mol. The summed E-state index contributed by atoms with van der Waals surface area (Å²) in [4.78, 5) is 43.3. The molecule has 0 aliphatic carbocycles. The Morgan fingerprint density at radius 3 is 2.52 bits per heavy atom. The van der Waals surface area contributed by atoms with Crippen LogP contribution in [0.25, 0.3) is 0 Å². The number of rotatable bonds is 5. The van der Waals surface area contributed by atoms with Gasteiger partial charge in [-0.3, -0.25) is 19.4 Å². The third-order valence-corrected chi connectivity index (χ3v) is 6.23. The first-order valence-corrected chi connectivity index (χ1v) is 9.99. The molecule has 0 bridgehead atoms. The molecule has 140 valence electrons. The Kier molecular flexibility index (Phi) is 4.80. The number of benzene rings is 1. The third-order valence-electron chi connectivity index (χ3n) is 5.23. The number of amides is 4. The number of fused-ring (bicyclic) bond motifs is 1. The van der Waals surface area contributed by atoms with Crippen molar-refractivity contribution in [2.24, 2.45) is 0 Å². The van der Waals surface area contributed by atoms with Gasteiger partial charge in [-0.25, -0.2) is 9.69 Å². The highest BCUT2D eigenvalue weighted by molar-refractivity contribution is 7.10. The van der Waals surface area contributed by atoms with Gasteiger partial charge in [0.25, 0.3) is 0 Å². The monoisotopic (exact) mass is 383 g/mol. The Balaban J connectivity index is 1.51. The summed E-state index contributed by atoms with van der Waals surface area (Å²) in [6.45, 7) is 3.15. The molecule has 2 aliphatic rings. The van der Waals surface area contributed by atoms with Gasteiger partial charge < -0.3 is 0 Å². The van der Waals surface area contributed by atoms with Crippen molar-refractivity contribution in [2.75, 3.05) is 13.2 Å². The van der Waals surface area contributed by atoms with E-state index >= 15 is 0 Å². The number of urea groups is 1. The van der Waals surface area contributed by atoms with Crippen LogP contribution in [0, 0.1) is 0 Å². The van der Waals surface area contributed by atoms with Crippen molar-refractivity contribution in [1.29, 1.82) is 0 Å². The van der Waals surface area contributed by atoms with E-state index < -0.39 is 17.8 Å². The van der Waals surface area contributed by atoms with E-state index in [1.54, 1.807) is 11.3 Å².